The van der Waals surface area contributed by atoms with Gasteiger partial charge in [-0.05, 0) is 0 Å². The molecule has 2 atom stereocenters. The highest BCUT2D eigenvalue weighted by molar-refractivity contribution is 5.91. The van der Waals surface area contributed by atoms with Crippen molar-refractivity contribution in [1.82, 2.24) is 10.6 Å². The first kappa shape index (κ1) is 17.8. The van der Waals surface area contributed by atoms with Crippen LogP contribution in [0.25, 0.3) is 0 Å². The van der Waals surface area contributed by atoms with Crippen molar-refractivity contribution in [1.29, 1.82) is 0 Å². The second kappa shape index (κ2) is 8.91. The molecule has 0 unspecified atom stereocenters. The van der Waals surface area contributed by atoms with Gasteiger partial charge in [-0.1, -0.05) is 30.3 Å². The van der Waals surface area contributed by atoms with E-state index >= 15 is 0 Å². The van der Waals surface area contributed by atoms with Crippen molar-refractivity contribution >= 4 is 11.8 Å². The first-order valence-electron chi connectivity index (χ1n) is 8.32. The van der Waals surface area contributed by atoms with Gasteiger partial charge in [0.05, 0.1) is 26.4 Å². The molecule has 0 radical (unpaired) electrons. The fourth-order valence-corrected chi connectivity index (χ4v) is 2.62. The first-order valence-corrected chi connectivity index (χ1v) is 8.32. The van der Waals surface area contributed by atoms with E-state index in [0.717, 1.165) is 5.56 Å². The van der Waals surface area contributed by atoms with Gasteiger partial charge in [0.2, 0.25) is 0 Å². The summed E-state index contributed by atoms with van der Waals surface area (Å²) >= 11 is 0. The number of carbonyl (C=O) groups is 2. The highest BCUT2D eigenvalue weighted by Gasteiger charge is 2.45. The molecule has 0 saturated carbocycles. The molecule has 8 heteroatoms. The van der Waals surface area contributed by atoms with Crippen LogP contribution in [0.5, 0.6) is 0 Å². The minimum absolute atomic E-state index is 0.322. The largest absolute Gasteiger partial charge is 0.377 e. The van der Waals surface area contributed by atoms with Crippen molar-refractivity contribution in [3.05, 3.63) is 35.9 Å². The molecular formula is C17H22N2O6. The summed E-state index contributed by atoms with van der Waals surface area (Å²) in [5.41, 5.74) is 0.750. The van der Waals surface area contributed by atoms with Crippen molar-refractivity contribution in [3.8, 4) is 0 Å². The molecular weight excluding hydrogens is 328 g/mol. The third kappa shape index (κ3) is 4.76. The zero-order valence-electron chi connectivity index (χ0n) is 13.8. The maximum absolute atomic E-state index is 12.4. The van der Waals surface area contributed by atoms with E-state index in [1.54, 1.807) is 0 Å². The van der Waals surface area contributed by atoms with E-state index in [9.17, 15) is 9.59 Å². The summed E-state index contributed by atoms with van der Waals surface area (Å²) in [7, 11) is 0. The van der Waals surface area contributed by atoms with Crippen LogP contribution in [0.2, 0.25) is 0 Å². The number of ether oxygens (including phenoxy) is 4. The molecule has 2 heterocycles. The van der Waals surface area contributed by atoms with Crippen LogP contribution in [0.3, 0.4) is 0 Å². The normalized spacial score (nSPS) is 27.0. The Morgan fingerprint density at radius 1 is 0.760 bits per heavy atom. The lowest BCUT2D eigenvalue weighted by Gasteiger charge is -2.17. The van der Waals surface area contributed by atoms with Gasteiger partial charge in [-0.15, -0.1) is 0 Å². The van der Waals surface area contributed by atoms with E-state index in [1.165, 1.54) is 0 Å². The monoisotopic (exact) mass is 350 g/mol. The summed E-state index contributed by atoms with van der Waals surface area (Å²) in [6.45, 7) is 2.24. The topological polar surface area (TPSA) is 95.1 Å². The third-order valence-corrected chi connectivity index (χ3v) is 3.87. The molecule has 136 valence electrons. The van der Waals surface area contributed by atoms with E-state index in [2.05, 4.69) is 10.6 Å². The van der Waals surface area contributed by atoms with Crippen LogP contribution < -0.4 is 10.6 Å². The highest BCUT2D eigenvalue weighted by atomic mass is 16.7. The van der Waals surface area contributed by atoms with Crippen LogP contribution in [0.4, 0.5) is 0 Å². The number of amides is 2. The molecule has 0 aliphatic carbocycles. The smallest absolute Gasteiger partial charge is 0.252 e. The summed E-state index contributed by atoms with van der Waals surface area (Å²) < 4.78 is 22.2. The molecule has 1 aromatic rings. The Morgan fingerprint density at radius 3 is 1.80 bits per heavy atom. The molecule has 2 aliphatic heterocycles. The zero-order chi connectivity index (χ0) is 17.5. The summed E-state index contributed by atoms with van der Waals surface area (Å²) in [5, 5.41) is 5.42. The lowest BCUT2D eigenvalue weighted by molar-refractivity contribution is -0.137. The van der Waals surface area contributed by atoms with Gasteiger partial charge in [-0.3, -0.25) is 9.59 Å². The molecule has 2 amide bonds. The summed E-state index contributed by atoms with van der Waals surface area (Å²) in [6, 6.07) is 9.20. The van der Waals surface area contributed by atoms with Gasteiger partial charge in [0.15, 0.2) is 18.5 Å². The number of hydrogen-bond acceptors (Lipinski definition) is 6. The maximum Gasteiger partial charge on any atom is 0.252 e. The minimum atomic E-state index is -1.02. The summed E-state index contributed by atoms with van der Waals surface area (Å²) in [4.78, 5) is 24.8. The maximum atomic E-state index is 12.4. The zero-order valence-corrected chi connectivity index (χ0v) is 13.8. The van der Waals surface area contributed by atoms with Crippen molar-refractivity contribution in [2.75, 3.05) is 39.5 Å². The van der Waals surface area contributed by atoms with Crippen molar-refractivity contribution in [2.45, 2.75) is 18.5 Å². The molecule has 8 nitrogen and oxygen atoms in total. The van der Waals surface area contributed by atoms with Crippen LogP contribution in [0, 0.1) is 0 Å². The van der Waals surface area contributed by atoms with E-state index in [-0.39, 0.29) is 0 Å². The fraction of sp³-hybridized carbons (Fsp3) is 0.529. The minimum Gasteiger partial charge on any atom is -0.377 e. The predicted molar refractivity (Wildman–Crippen MR) is 86.6 cm³/mol. The molecule has 2 aliphatic rings. The Kier molecular flexibility index (Phi) is 6.35. The highest BCUT2D eigenvalue weighted by Crippen LogP contribution is 2.31. The second-order valence-electron chi connectivity index (χ2n) is 5.66. The van der Waals surface area contributed by atoms with Gasteiger partial charge < -0.3 is 29.6 Å². The van der Waals surface area contributed by atoms with Crippen LogP contribution in [-0.2, 0) is 28.5 Å². The quantitative estimate of drug-likeness (QED) is 0.725. The van der Waals surface area contributed by atoms with Crippen LogP contribution in [-0.4, -0.2) is 63.5 Å². The van der Waals surface area contributed by atoms with Crippen LogP contribution in [0.1, 0.15) is 11.9 Å². The van der Waals surface area contributed by atoms with E-state index in [1.807, 2.05) is 30.3 Å². The Labute approximate surface area is 145 Å². The van der Waals surface area contributed by atoms with Crippen LogP contribution >= 0.6 is 0 Å². The van der Waals surface area contributed by atoms with Gasteiger partial charge in [0, 0.05) is 18.7 Å². The molecule has 1 aromatic carbocycles. The Balaban J connectivity index is 1.71. The SMILES string of the molecule is O=C1NCCOCCOCCNC(=O)[C@@H]2OC(c3ccccc3)O[C@@H]12. The average molecular weight is 350 g/mol. The predicted octanol–water partition coefficient (Wildman–Crippen LogP) is -0.252. The lowest BCUT2D eigenvalue weighted by atomic mass is 10.2. The number of hydrogen-bond donors (Lipinski definition) is 2. The van der Waals surface area contributed by atoms with Gasteiger partial charge in [-0.2, -0.15) is 0 Å². The van der Waals surface area contributed by atoms with E-state index in [0.29, 0.717) is 39.5 Å². The van der Waals surface area contributed by atoms with E-state index in [4.69, 9.17) is 18.9 Å². The molecule has 2 saturated heterocycles. The molecule has 3 rings (SSSR count). The first-order chi connectivity index (χ1) is 12.3. The van der Waals surface area contributed by atoms with Crippen LogP contribution in [0.15, 0.2) is 30.3 Å². The van der Waals surface area contributed by atoms with Crippen molar-refractivity contribution in [3.63, 3.8) is 0 Å². The molecule has 25 heavy (non-hydrogen) atoms. The third-order valence-electron chi connectivity index (χ3n) is 3.87. The van der Waals surface area contributed by atoms with Gasteiger partial charge in [-0.25, -0.2) is 0 Å². The molecule has 2 fully saturated rings. The number of nitrogens with one attached hydrogen (secondary N) is 2. The standard InChI is InChI=1S/C17H22N2O6/c20-15-13-14(25-17(24-13)12-4-2-1-3-5-12)16(21)19-7-9-23-11-10-22-8-6-18-15/h1-5,13-14,17H,6-11H2,(H,18,20)(H,19,21)/t13-,14-/m1/s1. The number of fused-ring (bicyclic) bond motifs is 1. The average Bonchev–Trinajstić information content (AvgIpc) is 3.09. The Bertz CT molecular complexity index is 550. The number of rotatable bonds is 1. The van der Waals surface area contributed by atoms with E-state index < -0.39 is 30.3 Å². The lowest BCUT2D eigenvalue weighted by Crippen LogP contribution is -2.49. The number of carbonyl (C=O) groups excluding carboxylic acids is 2. The molecule has 2 N–H and O–H groups in total. The Hall–Kier alpha value is -2.00. The summed E-state index contributed by atoms with van der Waals surface area (Å²) in [5.74, 6) is -0.786. The second-order valence-corrected chi connectivity index (χ2v) is 5.66. The summed E-state index contributed by atoms with van der Waals surface area (Å²) in [6.07, 6.45) is -2.81. The number of benzene rings is 1. The van der Waals surface area contributed by atoms with Gasteiger partial charge in [0.1, 0.15) is 0 Å². The molecule has 0 spiro atoms. The van der Waals surface area contributed by atoms with Crippen molar-refractivity contribution < 1.29 is 28.5 Å². The Morgan fingerprint density at radius 2 is 1.28 bits per heavy atom. The fourth-order valence-electron chi connectivity index (χ4n) is 2.62. The van der Waals surface area contributed by atoms with Gasteiger partial charge >= 0.3 is 0 Å². The molecule has 0 bridgehead atoms. The van der Waals surface area contributed by atoms with Gasteiger partial charge in [0.25, 0.3) is 11.8 Å². The molecule has 0 aromatic heterocycles. The van der Waals surface area contributed by atoms with Crippen molar-refractivity contribution in [2.24, 2.45) is 0 Å².